The lowest BCUT2D eigenvalue weighted by atomic mass is 9.90. The summed E-state index contributed by atoms with van der Waals surface area (Å²) in [7, 11) is 2.24. The summed E-state index contributed by atoms with van der Waals surface area (Å²) in [6, 6.07) is 0. The van der Waals surface area contributed by atoms with Gasteiger partial charge in [-0.15, -0.1) is 0 Å². The molecule has 0 bridgehead atoms. The van der Waals surface area contributed by atoms with Crippen LogP contribution in [0.2, 0.25) is 0 Å². The van der Waals surface area contributed by atoms with Crippen molar-refractivity contribution in [3.05, 3.63) is 0 Å². The maximum Gasteiger partial charge on any atom is 0.0701 e. The Hall–Kier alpha value is -0.120. The second kappa shape index (κ2) is 6.17. The highest BCUT2D eigenvalue weighted by atomic mass is 16.5. The summed E-state index contributed by atoms with van der Waals surface area (Å²) < 4.78 is 5.81. The zero-order valence-corrected chi connectivity index (χ0v) is 11.5. The second-order valence-electron chi connectivity index (χ2n) is 6.13. The average molecular weight is 240 g/mol. The fourth-order valence-electron chi connectivity index (χ4n) is 3.21. The minimum atomic E-state index is 0.321. The first kappa shape index (κ1) is 13.3. The third kappa shape index (κ3) is 4.23. The normalized spacial score (nSPS) is 35.1. The van der Waals surface area contributed by atoms with Crippen molar-refractivity contribution in [1.29, 1.82) is 0 Å². The molecule has 0 aromatic carbocycles. The van der Waals surface area contributed by atoms with E-state index < -0.39 is 0 Å². The average Bonchev–Trinajstić information content (AvgIpc) is 2.30. The molecule has 0 spiro atoms. The zero-order chi connectivity index (χ0) is 12.1. The molecule has 0 saturated carbocycles. The van der Waals surface area contributed by atoms with E-state index in [1.807, 2.05) is 0 Å². The van der Waals surface area contributed by atoms with Gasteiger partial charge in [0.1, 0.15) is 0 Å². The fourth-order valence-corrected chi connectivity index (χ4v) is 3.21. The number of rotatable bonds is 4. The summed E-state index contributed by atoms with van der Waals surface area (Å²) in [5.41, 5.74) is 0.321. The van der Waals surface area contributed by atoms with Crippen LogP contribution in [0.15, 0.2) is 0 Å². The lowest BCUT2D eigenvalue weighted by molar-refractivity contribution is -0.00574. The number of hydrogen-bond acceptors (Lipinski definition) is 3. The lowest BCUT2D eigenvalue weighted by Gasteiger charge is -2.39. The van der Waals surface area contributed by atoms with Crippen LogP contribution in [0, 0.1) is 0 Å². The number of hydrogen-bond donors (Lipinski definition) is 1. The first-order valence-electron chi connectivity index (χ1n) is 7.23. The Labute approximate surface area is 106 Å². The van der Waals surface area contributed by atoms with Crippen molar-refractivity contribution in [2.75, 3.05) is 33.3 Å². The Morgan fingerprint density at radius 2 is 2.18 bits per heavy atom. The van der Waals surface area contributed by atoms with Crippen LogP contribution in [-0.4, -0.2) is 49.8 Å². The Morgan fingerprint density at radius 3 is 2.82 bits per heavy atom. The monoisotopic (exact) mass is 240 g/mol. The van der Waals surface area contributed by atoms with Crippen LogP contribution in [0.1, 0.15) is 45.4 Å². The van der Waals surface area contributed by atoms with E-state index >= 15 is 0 Å². The van der Waals surface area contributed by atoms with Crippen molar-refractivity contribution in [1.82, 2.24) is 10.2 Å². The van der Waals surface area contributed by atoms with Crippen molar-refractivity contribution in [3.63, 3.8) is 0 Å². The van der Waals surface area contributed by atoms with Gasteiger partial charge in [-0.2, -0.15) is 0 Å². The summed E-state index contributed by atoms with van der Waals surface area (Å²) >= 11 is 0. The molecular formula is C14H28N2O. The fraction of sp³-hybridized carbons (Fsp3) is 1.00. The molecule has 2 rings (SSSR count). The number of ether oxygens (including phenoxy) is 1. The predicted molar refractivity (Wildman–Crippen MR) is 71.3 cm³/mol. The topological polar surface area (TPSA) is 24.5 Å². The Morgan fingerprint density at radius 1 is 1.29 bits per heavy atom. The van der Waals surface area contributed by atoms with Gasteiger partial charge >= 0.3 is 0 Å². The minimum absolute atomic E-state index is 0.321. The molecule has 17 heavy (non-hydrogen) atoms. The molecule has 0 radical (unpaired) electrons. The quantitative estimate of drug-likeness (QED) is 0.813. The van der Waals surface area contributed by atoms with Crippen molar-refractivity contribution >= 4 is 0 Å². The van der Waals surface area contributed by atoms with E-state index in [1.54, 1.807) is 0 Å². The van der Waals surface area contributed by atoms with Gasteiger partial charge in [-0.05, 0) is 52.6 Å². The summed E-state index contributed by atoms with van der Waals surface area (Å²) in [4.78, 5) is 2.45. The molecule has 0 aromatic heterocycles. The highest BCUT2D eigenvalue weighted by molar-refractivity contribution is 4.89. The Kier molecular flexibility index (Phi) is 4.83. The number of nitrogens with one attached hydrogen (secondary N) is 1. The first-order valence-corrected chi connectivity index (χ1v) is 7.23. The summed E-state index contributed by atoms with van der Waals surface area (Å²) in [6.07, 6.45) is 8.33. The van der Waals surface area contributed by atoms with E-state index in [-0.39, 0.29) is 0 Å². The predicted octanol–water partition coefficient (Wildman–Crippen LogP) is 2.02. The van der Waals surface area contributed by atoms with Gasteiger partial charge in [-0.25, -0.2) is 0 Å². The van der Waals surface area contributed by atoms with Crippen LogP contribution in [0.3, 0.4) is 0 Å². The minimum Gasteiger partial charge on any atom is -0.377 e. The van der Waals surface area contributed by atoms with Gasteiger partial charge in [0.25, 0.3) is 0 Å². The molecule has 2 fully saturated rings. The third-order valence-electron chi connectivity index (χ3n) is 4.12. The molecule has 100 valence electrons. The summed E-state index contributed by atoms with van der Waals surface area (Å²) in [5, 5.41) is 3.68. The van der Waals surface area contributed by atoms with E-state index in [4.69, 9.17) is 4.74 Å². The smallest absolute Gasteiger partial charge is 0.0701 e. The van der Waals surface area contributed by atoms with E-state index in [0.717, 1.165) is 19.7 Å². The third-order valence-corrected chi connectivity index (χ3v) is 4.12. The van der Waals surface area contributed by atoms with Crippen LogP contribution >= 0.6 is 0 Å². The van der Waals surface area contributed by atoms with Crippen molar-refractivity contribution in [2.24, 2.45) is 0 Å². The van der Waals surface area contributed by atoms with Crippen molar-refractivity contribution in [2.45, 2.75) is 57.1 Å². The van der Waals surface area contributed by atoms with E-state index in [1.165, 1.54) is 45.1 Å². The highest BCUT2D eigenvalue weighted by Gasteiger charge is 2.28. The Balaban J connectivity index is 1.73. The summed E-state index contributed by atoms with van der Waals surface area (Å²) in [6.45, 7) is 6.76. The van der Waals surface area contributed by atoms with Gasteiger partial charge in [0.05, 0.1) is 6.10 Å². The maximum absolute atomic E-state index is 5.81. The SMILES string of the molecule is CN(CC1CCCCO1)CC1(C)CCCCN1. The maximum atomic E-state index is 5.81. The number of likely N-dealkylation sites (N-methyl/N-ethyl adjacent to an activating group) is 1. The molecule has 2 unspecified atom stereocenters. The summed E-state index contributed by atoms with van der Waals surface area (Å²) in [5.74, 6) is 0. The largest absolute Gasteiger partial charge is 0.377 e. The molecule has 2 saturated heterocycles. The molecule has 2 atom stereocenters. The van der Waals surface area contributed by atoms with E-state index in [9.17, 15) is 0 Å². The van der Waals surface area contributed by atoms with E-state index in [2.05, 4.69) is 24.2 Å². The van der Waals surface area contributed by atoms with Crippen LogP contribution in [0.4, 0.5) is 0 Å². The lowest BCUT2D eigenvalue weighted by Crippen LogP contribution is -2.54. The van der Waals surface area contributed by atoms with Crippen LogP contribution in [-0.2, 0) is 4.74 Å². The number of piperidine rings is 1. The van der Waals surface area contributed by atoms with Gasteiger partial charge in [0.15, 0.2) is 0 Å². The molecule has 2 aliphatic heterocycles. The van der Waals surface area contributed by atoms with Crippen LogP contribution < -0.4 is 5.32 Å². The molecule has 0 aliphatic carbocycles. The van der Waals surface area contributed by atoms with Gasteiger partial charge in [-0.1, -0.05) is 6.42 Å². The number of nitrogens with zero attached hydrogens (tertiary/aromatic N) is 1. The first-order chi connectivity index (χ1) is 8.18. The standard InChI is InChI=1S/C14H28N2O/c1-14(8-4-5-9-15-14)12-16(2)11-13-7-3-6-10-17-13/h13,15H,3-12H2,1-2H3. The van der Waals surface area contributed by atoms with Crippen LogP contribution in [0.5, 0.6) is 0 Å². The van der Waals surface area contributed by atoms with Gasteiger partial charge in [0.2, 0.25) is 0 Å². The molecule has 1 N–H and O–H groups in total. The molecule has 0 amide bonds. The van der Waals surface area contributed by atoms with E-state index in [0.29, 0.717) is 11.6 Å². The van der Waals surface area contributed by atoms with Crippen LogP contribution in [0.25, 0.3) is 0 Å². The van der Waals surface area contributed by atoms with Crippen molar-refractivity contribution < 1.29 is 4.74 Å². The molecule has 2 aliphatic rings. The zero-order valence-electron chi connectivity index (χ0n) is 11.5. The molecular weight excluding hydrogens is 212 g/mol. The van der Waals surface area contributed by atoms with Gasteiger partial charge < -0.3 is 15.0 Å². The highest BCUT2D eigenvalue weighted by Crippen LogP contribution is 2.20. The van der Waals surface area contributed by atoms with Gasteiger partial charge in [0, 0.05) is 25.2 Å². The molecule has 2 heterocycles. The van der Waals surface area contributed by atoms with Crippen molar-refractivity contribution in [3.8, 4) is 0 Å². The molecule has 3 nitrogen and oxygen atoms in total. The molecule has 0 aromatic rings. The van der Waals surface area contributed by atoms with Gasteiger partial charge in [-0.3, -0.25) is 0 Å². The Bertz CT molecular complexity index is 220. The second-order valence-corrected chi connectivity index (χ2v) is 6.13. The molecule has 3 heteroatoms.